The molecule has 2 heterocycles. The average molecular weight is 631 g/mol. The normalized spacial score (nSPS) is 45.8. The molecule has 2 saturated heterocycles. The molecule has 14 atom stereocenters. The van der Waals surface area contributed by atoms with Gasteiger partial charge >= 0.3 is 5.97 Å². The summed E-state index contributed by atoms with van der Waals surface area (Å²) in [5.41, 5.74) is 0.707. The molecule has 1 N–H and O–H groups in total. The molecular formula is C36H54O9. The molecule has 45 heavy (non-hydrogen) atoms. The van der Waals surface area contributed by atoms with Crippen molar-refractivity contribution in [3.8, 4) is 0 Å². The molecule has 2 aliphatic heterocycles. The number of cyclic esters (lactones) is 1. The highest BCUT2D eigenvalue weighted by Gasteiger charge is 2.52. The zero-order valence-electron chi connectivity index (χ0n) is 27.7. The fourth-order valence-corrected chi connectivity index (χ4v) is 9.32. The van der Waals surface area contributed by atoms with E-state index in [9.17, 15) is 14.7 Å². The summed E-state index contributed by atoms with van der Waals surface area (Å²) in [6.07, 6.45) is 12.2. The van der Waals surface area contributed by atoms with Crippen molar-refractivity contribution in [3.63, 3.8) is 0 Å². The fourth-order valence-electron chi connectivity index (χ4n) is 9.32. The van der Waals surface area contributed by atoms with E-state index in [0.29, 0.717) is 23.8 Å². The summed E-state index contributed by atoms with van der Waals surface area (Å²) in [7, 11) is 4.99. The van der Waals surface area contributed by atoms with E-state index in [4.69, 9.17) is 28.4 Å². The molecule has 0 spiro atoms. The number of Topliss-reactive ketones (excluding diaryl/α,β-unsaturated/α-hetero) is 1. The van der Waals surface area contributed by atoms with E-state index in [0.717, 1.165) is 44.9 Å². The predicted octanol–water partition coefficient (Wildman–Crippen LogP) is 4.79. The molecule has 0 aromatic rings. The topological polar surface area (TPSA) is 110 Å². The highest BCUT2D eigenvalue weighted by atomic mass is 16.7. The SMILES string of the molecule is CC[C@@H]1OC(OC2CC3C=CC4C5CC(=O)OC(C6CCC6)CCCC(O)C(C)C(=O)C5=CC4C3C2)C(OC)C(OC)C1OC. The summed E-state index contributed by atoms with van der Waals surface area (Å²) in [4.78, 5) is 27.3. The number of hydrogen-bond acceptors (Lipinski definition) is 9. The number of carbonyl (C=O) groups excluding carboxylic acids is 2. The minimum Gasteiger partial charge on any atom is -0.462 e. The van der Waals surface area contributed by atoms with Crippen LogP contribution in [0.25, 0.3) is 0 Å². The molecule has 0 aromatic heterocycles. The van der Waals surface area contributed by atoms with Gasteiger partial charge < -0.3 is 33.5 Å². The molecule has 9 heteroatoms. The molecule has 6 aliphatic rings. The van der Waals surface area contributed by atoms with Crippen molar-refractivity contribution >= 4 is 11.8 Å². The lowest BCUT2D eigenvalue weighted by molar-refractivity contribution is -0.317. The first-order chi connectivity index (χ1) is 21.8. The zero-order chi connectivity index (χ0) is 31.8. The van der Waals surface area contributed by atoms with Gasteiger partial charge in [0, 0.05) is 33.2 Å². The van der Waals surface area contributed by atoms with Crippen molar-refractivity contribution in [1.29, 1.82) is 0 Å². The van der Waals surface area contributed by atoms with Crippen LogP contribution in [0, 0.1) is 41.4 Å². The quantitative estimate of drug-likeness (QED) is 0.314. The second kappa shape index (κ2) is 14.2. The monoisotopic (exact) mass is 630 g/mol. The van der Waals surface area contributed by atoms with Crippen LogP contribution in [0.3, 0.4) is 0 Å². The van der Waals surface area contributed by atoms with Gasteiger partial charge in [0.1, 0.15) is 24.4 Å². The summed E-state index contributed by atoms with van der Waals surface area (Å²) < 4.78 is 36.6. The molecule has 2 saturated carbocycles. The summed E-state index contributed by atoms with van der Waals surface area (Å²) in [5, 5.41) is 11.0. The van der Waals surface area contributed by atoms with Crippen LogP contribution in [-0.4, -0.2) is 87.2 Å². The smallest absolute Gasteiger partial charge is 0.306 e. The van der Waals surface area contributed by atoms with E-state index in [1.807, 2.05) is 6.92 Å². The van der Waals surface area contributed by atoms with Crippen molar-refractivity contribution in [3.05, 3.63) is 23.8 Å². The Balaban J connectivity index is 1.20. The first kappa shape index (κ1) is 33.3. The van der Waals surface area contributed by atoms with Crippen LogP contribution in [0.2, 0.25) is 0 Å². The number of aliphatic hydroxyl groups is 1. The Labute approximate surface area is 268 Å². The maximum absolute atomic E-state index is 13.9. The van der Waals surface area contributed by atoms with E-state index in [1.165, 1.54) is 6.42 Å². The predicted molar refractivity (Wildman–Crippen MR) is 166 cm³/mol. The Morgan fingerprint density at radius 2 is 1.64 bits per heavy atom. The molecule has 0 radical (unpaired) electrons. The van der Waals surface area contributed by atoms with Gasteiger partial charge in [-0.1, -0.05) is 38.5 Å². The number of allylic oxidation sites excluding steroid dienone is 4. The second-order valence-electron chi connectivity index (χ2n) is 14.5. The van der Waals surface area contributed by atoms with Crippen LogP contribution in [0.1, 0.15) is 78.1 Å². The number of rotatable bonds is 7. The third kappa shape index (κ3) is 6.47. The van der Waals surface area contributed by atoms with Gasteiger partial charge in [-0.15, -0.1) is 0 Å². The number of ketones is 1. The highest BCUT2D eigenvalue weighted by Crippen LogP contribution is 2.54. The Kier molecular flexibility index (Phi) is 10.5. The summed E-state index contributed by atoms with van der Waals surface area (Å²) >= 11 is 0. The number of carbonyl (C=O) groups is 2. The van der Waals surface area contributed by atoms with Gasteiger partial charge in [0.25, 0.3) is 0 Å². The molecule has 6 rings (SSSR count). The van der Waals surface area contributed by atoms with E-state index < -0.39 is 24.4 Å². The van der Waals surface area contributed by atoms with E-state index in [1.54, 1.807) is 21.3 Å². The lowest BCUT2D eigenvalue weighted by atomic mass is 9.70. The van der Waals surface area contributed by atoms with Gasteiger partial charge in [0.2, 0.25) is 0 Å². The van der Waals surface area contributed by atoms with Crippen LogP contribution >= 0.6 is 0 Å². The molecule has 13 unspecified atom stereocenters. The molecular weight excluding hydrogens is 576 g/mol. The maximum atomic E-state index is 13.9. The zero-order valence-corrected chi connectivity index (χ0v) is 27.7. The van der Waals surface area contributed by atoms with Gasteiger partial charge in [-0.2, -0.15) is 0 Å². The molecule has 252 valence electrons. The van der Waals surface area contributed by atoms with E-state index in [2.05, 4.69) is 25.2 Å². The lowest BCUT2D eigenvalue weighted by Crippen LogP contribution is -2.60. The number of methoxy groups -OCH3 is 3. The highest BCUT2D eigenvalue weighted by molar-refractivity contribution is 5.99. The van der Waals surface area contributed by atoms with Gasteiger partial charge in [-0.3, -0.25) is 9.59 Å². The summed E-state index contributed by atoms with van der Waals surface area (Å²) in [5.74, 6) is 0.230. The van der Waals surface area contributed by atoms with Crippen LogP contribution in [-0.2, 0) is 38.0 Å². The first-order valence-electron chi connectivity index (χ1n) is 17.5. The molecule has 4 fully saturated rings. The minimum atomic E-state index is -0.698. The third-order valence-corrected chi connectivity index (χ3v) is 12.1. The third-order valence-electron chi connectivity index (χ3n) is 12.1. The maximum Gasteiger partial charge on any atom is 0.306 e. The van der Waals surface area contributed by atoms with Gasteiger partial charge in [-0.25, -0.2) is 0 Å². The summed E-state index contributed by atoms with van der Waals surface area (Å²) in [6.45, 7) is 3.91. The van der Waals surface area contributed by atoms with Gasteiger partial charge in [0.05, 0.1) is 24.7 Å². The Morgan fingerprint density at radius 1 is 0.911 bits per heavy atom. The minimum absolute atomic E-state index is 0.0241. The van der Waals surface area contributed by atoms with Crippen LogP contribution in [0.5, 0.6) is 0 Å². The number of ether oxygens (including phenoxy) is 6. The lowest BCUT2D eigenvalue weighted by Gasteiger charge is -2.45. The Morgan fingerprint density at radius 3 is 2.31 bits per heavy atom. The standard InChI is InChI=1S/C36H54O9/c1-6-29-33(40-3)34(41-4)35(42-5)36(45-29)43-22-15-21-13-14-23-25(24(21)16-22)17-27-26(23)18-31(38)44-30(20-9-7-10-20)12-8-11-28(37)19(2)32(27)39/h13-14,17,19-26,28-30,33-37H,6-12,15-16,18H2,1-5H3/t19?,21?,22?,23?,24?,25?,26?,28?,29-,30?,33?,34?,35?,36?/m0/s1. The fraction of sp³-hybridized carbons (Fsp3) is 0.833. The molecule has 0 amide bonds. The molecule has 9 nitrogen and oxygen atoms in total. The second-order valence-corrected chi connectivity index (χ2v) is 14.5. The van der Waals surface area contributed by atoms with Crippen molar-refractivity contribution in [1.82, 2.24) is 0 Å². The van der Waals surface area contributed by atoms with Gasteiger partial charge in [-0.05, 0) is 86.5 Å². The Bertz CT molecular complexity index is 1120. The molecule has 0 aromatic carbocycles. The molecule has 0 bridgehead atoms. The van der Waals surface area contributed by atoms with Crippen molar-refractivity contribution in [2.45, 2.75) is 127 Å². The van der Waals surface area contributed by atoms with Crippen LogP contribution < -0.4 is 0 Å². The van der Waals surface area contributed by atoms with E-state index >= 15 is 0 Å². The largest absolute Gasteiger partial charge is 0.462 e. The van der Waals surface area contributed by atoms with E-state index in [-0.39, 0.29) is 72.4 Å². The summed E-state index contributed by atoms with van der Waals surface area (Å²) in [6, 6.07) is 0. The van der Waals surface area contributed by atoms with Gasteiger partial charge in [0.15, 0.2) is 12.1 Å². The Hall–Kier alpha value is -1.62. The van der Waals surface area contributed by atoms with Crippen LogP contribution in [0.4, 0.5) is 0 Å². The number of hydrogen-bond donors (Lipinski definition) is 1. The number of fused-ring (bicyclic) bond motifs is 5. The number of aliphatic hydroxyl groups excluding tert-OH is 1. The number of esters is 1. The van der Waals surface area contributed by atoms with Crippen LogP contribution in [0.15, 0.2) is 23.8 Å². The van der Waals surface area contributed by atoms with Crippen molar-refractivity contribution in [2.24, 2.45) is 41.4 Å². The van der Waals surface area contributed by atoms with Crippen molar-refractivity contribution < 1.29 is 43.1 Å². The van der Waals surface area contributed by atoms with Crippen molar-refractivity contribution in [2.75, 3.05) is 21.3 Å². The average Bonchev–Trinajstić information content (AvgIpc) is 3.58. The molecule has 4 aliphatic carbocycles. The first-order valence-corrected chi connectivity index (χ1v) is 17.5.